The van der Waals surface area contributed by atoms with Crippen LogP contribution in [0.1, 0.15) is 21.6 Å². The quantitative estimate of drug-likeness (QED) is 0.487. The lowest BCUT2D eigenvalue weighted by atomic mass is 10.1. The number of aromatic nitrogens is 2. The molecule has 0 unspecified atom stereocenters. The largest absolute Gasteiger partial charge is 0.497 e. The van der Waals surface area contributed by atoms with Gasteiger partial charge in [0.1, 0.15) is 17.3 Å². The van der Waals surface area contributed by atoms with Crippen molar-refractivity contribution < 1.29 is 18.7 Å². The molecule has 2 aromatic heterocycles. The maximum Gasteiger partial charge on any atom is 0.253 e. The fourth-order valence-corrected chi connectivity index (χ4v) is 3.08. The molecule has 0 aliphatic rings. The fraction of sp³-hybridized carbons (Fsp3) is 0.125. The van der Waals surface area contributed by atoms with Crippen LogP contribution in [-0.2, 0) is 6.54 Å². The second-order valence-corrected chi connectivity index (χ2v) is 6.92. The zero-order chi connectivity index (χ0) is 21.8. The number of hydrogen-bond acceptors (Lipinski definition) is 5. The van der Waals surface area contributed by atoms with E-state index in [1.54, 1.807) is 26.3 Å². The maximum atomic E-state index is 13.0. The Balaban J connectivity index is 1.41. The molecule has 0 aliphatic carbocycles. The van der Waals surface area contributed by atoms with Crippen LogP contribution in [0.4, 0.5) is 4.39 Å². The molecule has 0 aliphatic heterocycles. The number of fused-ring (bicyclic) bond motifs is 1. The summed E-state index contributed by atoms with van der Waals surface area (Å²) in [7, 11) is 1.60. The van der Waals surface area contributed by atoms with Gasteiger partial charge in [-0.25, -0.2) is 9.37 Å². The molecule has 2 heterocycles. The van der Waals surface area contributed by atoms with Gasteiger partial charge in [0.2, 0.25) is 5.88 Å². The molecule has 0 spiro atoms. The topological polar surface area (TPSA) is 73.3 Å². The Bertz CT molecular complexity index is 1230. The molecule has 0 saturated carbocycles. The maximum absolute atomic E-state index is 13.0. The second kappa shape index (κ2) is 8.79. The van der Waals surface area contributed by atoms with E-state index in [0.29, 0.717) is 29.4 Å². The Morgan fingerprint density at radius 2 is 1.81 bits per heavy atom. The lowest BCUT2D eigenvalue weighted by Gasteiger charge is -2.10. The minimum Gasteiger partial charge on any atom is -0.497 e. The fourth-order valence-electron chi connectivity index (χ4n) is 3.08. The first-order chi connectivity index (χ1) is 15.0. The summed E-state index contributed by atoms with van der Waals surface area (Å²) < 4.78 is 23.8. The smallest absolute Gasteiger partial charge is 0.253 e. The molecule has 4 aromatic rings. The van der Waals surface area contributed by atoms with Crippen molar-refractivity contribution in [2.75, 3.05) is 7.11 Å². The van der Waals surface area contributed by atoms with Crippen molar-refractivity contribution >= 4 is 16.8 Å². The molecule has 2 aromatic carbocycles. The summed E-state index contributed by atoms with van der Waals surface area (Å²) in [6.07, 6.45) is 1.62. The van der Waals surface area contributed by atoms with Gasteiger partial charge in [-0.05, 0) is 55.0 Å². The lowest BCUT2D eigenvalue weighted by Crippen LogP contribution is -2.24. The zero-order valence-corrected chi connectivity index (χ0v) is 17.1. The number of carbonyl (C=O) groups is 1. The van der Waals surface area contributed by atoms with E-state index in [9.17, 15) is 9.18 Å². The van der Waals surface area contributed by atoms with Crippen LogP contribution in [0.15, 0.2) is 66.9 Å². The van der Waals surface area contributed by atoms with Gasteiger partial charge in [-0.3, -0.25) is 9.78 Å². The van der Waals surface area contributed by atoms with Gasteiger partial charge >= 0.3 is 0 Å². The molecular formula is C24H20FN3O3. The van der Waals surface area contributed by atoms with Gasteiger partial charge in [0.15, 0.2) is 0 Å². The SMILES string of the molecule is COc1ccc2cc(C(=O)NCc3ccc(Oc4ccc(F)cc4)nc3)c(C)nc2c1. The first-order valence-electron chi connectivity index (χ1n) is 9.64. The van der Waals surface area contributed by atoms with Gasteiger partial charge in [0.25, 0.3) is 5.91 Å². The minimum absolute atomic E-state index is 0.214. The number of carbonyl (C=O) groups excluding carboxylic acids is 1. The van der Waals surface area contributed by atoms with Gasteiger partial charge in [-0.15, -0.1) is 0 Å². The molecule has 1 amide bonds. The molecular weight excluding hydrogens is 397 g/mol. The third kappa shape index (κ3) is 4.78. The van der Waals surface area contributed by atoms with E-state index in [4.69, 9.17) is 9.47 Å². The normalized spacial score (nSPS) is 10.7. The van der Waals surface area contributed by atoms with E-state index < -0.39 is 0 Å². The van der Waals surface area contributed by atoms with Crippen molar-refractivity contribution in [1.82, 2.24) is 15.3 Å². The average molecular weight is 417 g/mol. The predicted octanol–water partition coefficient (Wildman–Crippen LogP) is 4.81. The lowest BCUT2D eigenvalue weighted by molar-refractivity contribution is 0.0950. The third-order valence-corrected chi connectivity index (χ3v) is 4.75. The van der Waals surface area contributed by atoms with Gasteiger partial charge in [0, 0.05) is 30.3 Å². The number of nitrogens with one attached hydrogen (secondary N) is 1. The number of pyridine rings is 2. The molecule has 4 rings (SSSR count). The Hall–Kier alpha value is -4.00. The van der Waals surface area contributed by atoms with Crippen molar-refractivity contribution in [1.29, 1.82) is 0 Å². The molecule has 0 bridgehead atoms. The monoisotopic (exact) mass is 417 g/mol. The van der Waals surface area contributed by atoms with Crippen molar-refractivity contribution in [3.63, 3.8) is 0 Å². The van der Waals surface area contributed by atoms with Crippen molar-refractivity contribution in [3.05, 3.63) is 89.5 Å². The highest BCUT2D eigenvalue weighted by molar-refractivity contribution is 5.98. The van der Waals surface area contributed by atoms with Crippen LogP contribution in [0.5, 0.6) is 17.4 Å². The second-order valence-electron chi connectivity index (χ2n) is 6.92. The number of rotatable bonds is 6. The Kier molecular flexibility index (Phi) is 5.75. The van der Waals surface area contributed by atoms with Gasteiger partial charge in [-0.1, -0.05) is 6.07 Å². The number of aryl methyl sites for hydroxylation is 1. The predicted molar refractivity (Wildman–Crippen MR) is 115 cm³/mol. The molecule has 31 heavy (non-hydrogen) atoms. The summed E-state index contributed by atoms with van der Waals surface area (Å²) in [5, 5.41) is 3.75. The summed E-state index contributed by atoms with van der Waals surface area (Å²) in [4.78, 5) is 21.4. The highest BCUT2D eigenvalue weighted by Crippen LogP contribution is 2.22. The number of ether oxygens (including phenoxy) is 2. The van der Waals surface area contributed by atoms with Gasteiger partial charge in [-0.2, -0.15) is 0 Å². The summed E-state index contributed by atoms with van der Waals surface area (Å²) in [6.45, 7) is 2.11. The van der Waals surface area contributed by atoms with Crippen LogP contribution >= 0.6 is 0 Å². The molecule has 156 valence electrons. The van der Waals surface area contributed by atoms with E-state index in [1.165, 1.54) is 24.3 Å². The van der Waals surface area contributed by atoms with E-state index in [0.717, 1.165) is 22.2 Å². The number of nitrogens with zero attached hydrogens (tertiary/aromatic N) is 2. The number of halogens is 1. The molecule has 1 N–H and O–H groups in total. The zero-order valence-electron chi connectivity index (χ0n) is 17.1. The van der Waals surface area contributed by atoms with E-state index in [2.05, 4.69) is 15.3 Å². The van der Waals surface area contributed by atoms with Crippen LogP contribution in [0.25, 0.3) is 10.9 Å². The van der Waals surface area contributed by atoms with E-state index >= 15 is 0 Å². The van der Waals surface area contributed by atoms with Crippen LogP contribution in [0, 0.1) is 12.7 Å². The standard InChI is InChI=1S/C24H20FN3O3/c1-15-21(11-17-4-7-20(30-2)12-22(17)28-15)24(29)27-14-16-3-10-23(26-13-16)31-19-8-5-18(25)6-9-19/h3-13H,14H2,1-2H3,(H,27,29). The molecule has 0 radical (unpaired) electrons. The first-order valence-corrected chi connectivity index (χ1v) is 9.64. The van der Waals surface area contributed by atoms with Gasteiger partial charge < -0.3 is 14.8 Å². The highest BCUT2D eigenvalue weighted by atomic mass is 19.1. The van der Waals surface area contributed by atoms with Crippen molar-refractivity contribution in [2.24, 2.45) is 0 Å². The molecule has 6 nitrogen and oxygen atoms in total. The molecule has 0 atom stereocenters. The van der Waals surface area contributed by atoms with Crippen molar-refractivity contribution in [3.8, 4) is 17.4 Å². The minimum atomic E-state index is -0.331. The van der Waals surface area contributed by atoms with E-state index in [1.807, 2.05) is 30.3 Å². The molecule has 0 saturated heterocycles. The third-order valence-electron chi connectivity index (χ3n) is 4.75. The van der Waals surface area contributed by atoms with Crippen LogP contribution in [0.3, 0.4) is 0 Å². The number of benzene rings is 2. The first kappa shape index (κ1) is 20.3. The van der Waals surface area contributed by atoms with Crippen LogP contribution < -0.4 is 14.8 Å². The summed E-state index contributed by atoms with van der Waals surface area (Å²) >= 11 is 0. The Labute approximate surface area is 178 Å². The average Bonchev–Trinajstić information content (AvgIpc) is 2.79. The number of amides is 1. The number of methoxy groups -OCH3 is 1. The highest BCUT2D eigenvalue weighted by Gasteiger charge is 2.12. The summed E-state index contributed by atoms with van der Waals surface area (Å²) in [5.74, 6) is 1.05. The van der Waals surface area contributed by atoms with Crippen LogP contribution in [-0.4, -0.2) is 23.0 Å². The Morgan fingerprint density at radius 1 is 1.03 bits per heavy atom. The molecule has 0 fully saturated rings. The Morgan fingerprint density at radius 3 is 2.52 bits per heavy atom. The molecule has 7 heteroatoms. The summed E-state index contributed by atoms with van der Waals surface area (Å²) in [6, 6.07) is 16.6. The van der Waals surface area contributed by atoms with Gasteiger partial charge in [0.05, 0.1) is 23.9 Å². The number of hydrogen-bond donors (Lipinski definition) is 1. The summed E-state index contributed by atoms with van der Waals surface area (Å²) in [5.41, 5.74) is 2.74. The van der Waals surface area contributed by atoms with Crippen LogP contribution in [0.2, 0.25) is 0 Å². The van der Waals surface area contributed by atoms with E-state index in [-0.39, 0.29) is 11.7 Å². The van der Waals surface area contributed by atoms with Crippen molar-refractivity contribution in [2.45, 2.75) is 13.5 Å².